The zero-order chi connectivity index (χ0) is 35.6. The van der Waals surface area contributed by atoms with Crippen LogP contribution in [0, 0.1) is 22.7 Å². The van der Waals surface area contributed by atoms with Gasteiger partial charge in [-0.1, -0.05) is 55.4 Å². The van der Waals surface area contributed by atoms with Gasteiger partial charge in [-0.2, -0.15) is 0 Å². The smallest absolute Gasteiger partial charge is 0.104 e. The Morgan fingerprint density at radius 2 is 0.617 bits per heavy atom. The first-order valence-electron chi connectivity index (χ1n) is 18.6. The van der Waals surface area contributed by atoms with Crippen LogP contribution in [0.3, 0.4) is 0 Å². The molecule has 0 aliphatic rings. The van der Waals surface area contributed by atoms with Crippen molar-refractivity contribution in [2.45, 2.75) is 133 Å². The Morgan fingerprint density at radius 3 is 0.830 bits per heavy atom. The summed E-state index contributed by atoms with van der Waals surface area (Å²) in [5, 5.41) is 0. The van der Waals surface area contributed by atoms with E-state index in [1.54, 1.807) is 0 Å². The summed E-state index contributed by atoms with van der Waals surface area (Å²) in [5.74, 6) is 1.26. The van der Waals surface area contributed by atoms with E-state index in [4.69, 9.17) is 42.6 Å². The topological polar surface area (TPSA) is 83.1 Å². The van der Waals surface area contributed by atoms with Crippen LogP contribution < -0.4 is 0 Å². The molecule has 0 saturated heterocycles. The van der Waals surface area contributed by atoms with Gasteiger partial charge in [0.25, 0.3) is 0 Å². The van der Waals surface area contributed by atoms with Crippen molar-refractivity contribution in [1.29, 1.82) is 0 Å². The molecule has 9 nitrogen and oxygen atoms in total. The van der Waals surface area contributed by atoms with Gasteiger partial charge in [-0.3, -0.25) is 0 Å². The van der Waals surface area contributed by atoms with Gasteiger partial charge in [0.2, 0.25) is 0 Å². The van der Waals surface area contributed by atoms with Gasteiger partial charge in [-0.25, -0.2) is 0 Å². The van der Waals surface area contributed by atoms with E-state index < -0.39 is 0 Å². The van der Waals surface area contributed by atoms with Crippen LogP contribution in [0.1, 0.15) is 109 Å². The second-order valence-corrected chi connectivity index (χ2v) is 15.4. The van der Waals surface area contributed by atoms with Crippen LogP contribution >= 0.6 is 0 Å². The fourth-order valence-corrected chi connectivity index (χ4v) is 5.81. The number of hydrogen-bond acceptors (Lipinski definition) is 9. The van der Waals surface area contributed by atoms with Crippen LogP contribution in [0.25, 0.3) is 0 Å². The highest BCUT2D eigenvalue weighted by Crippen LogP contribution is 2.26. The summed E-state index contributed by atoms with van der Waals surface area (Å²) in [6, 6.07) is 0. The predicted molar refractivity (Wildman–Crippen MR) is 191 cm³/mol. The summed E-state index contributed by atoms with van der Waals surface area (Å²) in [5.41, 5.74) is 0.681. The molecule has 0 aromatic carbocycles. The fourth-order valence-electron chi connectivity index (χ4n) is 5.81. The maximum Gasteiger partial charge on any atom is 0.104 e. The third-order valence-electron chi connectivity index (χ3n) is 7.47. The zero-order valence-electron chi connectivity index (χ0n) is 32.9. The molecule has 0 aromatic rings. The minimum absolute atomic E-state index is 0.108. The maximum absolute atomic E-state index is 6.02. The lowest BCUT2D eigenvalue weighted by molar-refractivity contribution is -0.113. The lowest BCUT2D eigenvalue weighted by Gasteiger charge is -2.24. The zero-order valence-corrected chi connectivity index (χ0v) is 32.9. The van der Waals surface area contributed by atoms with E-state index >= 15 is 0 Å². The van der Waals surface area contributed by atoms with Crippen molar-refractivity contribution < 1.29 is 42.6 Å². The first kappa shape index (κ1) is 46.6. The molecule has 0 heterocycles. The van der Waals surface area contributed by atoms with Crippen LogP contribution in [-0.2, 0) is 42.6 Å². The van der Waals surface area contributed by atoms with Crippen LogP contribution in [0.2, 0.25) is 0 Å². The minimum atomic E-state index is -0.185. The quantitative estimate of drug-likeness (QED) is 0.0668. The number of ether oxygens (including phenoxy) is 9. The monoisotopic (exact) mass is 679 g/mol. The summed E-state index contributed by atoms with van der Waals surface area (Å²) in [6.07, 6.45) is 3.89. The molecule has 9 heteroatoms. The predicted octanol–water partition coefficient (Wildman–Crippen LogP) is 7.61. The van der Waals surface area contributed by atoms with E-state index in [2.05, 4.69) is 55.4 Å². The highest BCUT2D eigenvalue weighted by molar-refractivity contribution is 4.68. The maximum atomic E-state index is 6.02. The largest absolute Gasteiger partial charge is 0.379 e. The molecule has 0 radical (unpaired) electrons. The van der Waals surface area contributed by atoms with Crippen molar-refractivity contribution >= 4 is 0 Å². The Morgan fingerprint density at radius 1 is 0.383 bits per heavy atom. The standard InChI is InChI=1S/C38H78O9/c1-13-44-33(23-39-19-17-31(5)21-37(7,8)9)25-41-27-35(46-15-3)29-43-30-36(47-16-4)28-42-26-34(45-14-2)24-40-20-18-32(6)22-38(10,11)12/h31-36H,13-30H2,1-12H3. The molecule has 0 saturated carbocycles. The van der Waals surface area contributed by atoms with E-state index in [1.165, 1.54) is 12.8 Å². The second kappa shape index (κ2) is 28.3. The van der Waals surface area contributed by atoms with Gasteiger partial charge >= 0.3 is 0 Å². The van der Waals surface area contributed by atoms with Crippen LogP contribution in [-0.4, -0.2) is 117 Å². The Labute approximate surface area is 290 Å². The summed E-state index contributed by atoms with van der Waals surface area (Å²) in [7, 11) is 0. The molecule has 0 fully saturated rings. The van der Waals surface area contributed by atoms with Crippen LogP contribution in [0.15, 0.2) is 0 Å². The van der Waals surface area contributed by atoms with E-state index in [-0.39, 0.29) is 24.4 Å². The van der Waals surface area contributed by atoms with Gasteiger partial charge in [0.05, 0.1) is 52.9 Å². The molecular formula is C38H78O9. The van der Waals surface area contributed by atoms with Crippen molar-refractivity contribution in [1.82, 2.24) is 0 Å². The Balaban J connectivity index is 4.49. The van der Waals surface area contributed by atoms with Crippen LogP contribution in [0.5, 0.6) is 0 Å². The fraction of sp³-hybridized carbons (Fsp3) is 1.00. The van der Waals surface area contributed by atoms with E-state index in [9.17, 15) is 0 Å². The molecule has 0 aliphatic carbocycles. The summed E-state index contributed by atoms with van der Waals surface area (Å²) in [6.45, 7) is 33.7. The molecule has 0 aromatic heterocycles. The summed E-state index contributed by atoms with van der Waals surface area (Å²) >= 11 is 0. The van der Waals surface area contributed by atoms with Gasteiger partial charge in [0.15, 0.2) is 0 Å². The highest BCUT2D eigenvalue weighted by atomic mass is 16.6. The Hall–Kier alpha value is -0.360. The third kappa shape index (κ3) is 30.2. The molecular weight excluding hydrogens is 600 g/mol. The minimum Gasteiger partial charge on any atom is -0.379 e. The summed E-state index contributed by atoms with van der Waals surface area (Å²) in [4.78, 5) is 0. The molecule has 0 bridgehead atoms. The molecule has 0 amide bonds. The highest BCUT2D eigenvalue weighted by Gasteiger charge is 2.19. The molecule has 0 aliphatic heterocycles. The van der Waals surface area contributed by atoms with Crippen molar-refractivity contribution in [3.63, 3.8) is 0 Å². The van der Waals surface area contributed by atoms with Gasteiger partial charge in [-0.15, -0.1) is 0 Å². The van der Waals surface area contributed by atoms with Gasteiger partial charge < -0.3 is 42.6 Å². The number of hydrogen-bond donors (Lipinski definition) is 0. The average Bonchev–Trinajstić information content (AvgIpc) is 2.95. The lowest BCUT2D eigenvalue weighted by atomic mass is 9.84. The molecule has 0 N–H and O–H groups in total. The van der Waals surface area contributed by atoms with Gasteiger partial charge in [0, 0.05) is 39.6 Å². The third-order valence-corrected chi connectivity index (χ3v) is 7.47. The first-order valence-corrected chi connectivity index (χ1v) is 18.6. The Kier molecular flexibility index (Phi) is 28.1. The lowest BCUT2D eigenvalue weighted by Crippen LogP contribution is -2.34. The summed E-state index contributed by atoms with van der Waals surface area (Å²) < 4.78 is 53.5. The van der Waals surface area contributed by atoms with Crippen molar-refractivity contribution in [3.05, 3.63) is 0 Å². The Bertz CT molecular complexity index is 623. The number of rotatable bonds is 32. The normalized spacial score (nSPS) is 16.6. The van der Waals surface area contributed by atoms with Crippen molar-refractivity contribution in [3.8, 4) is 0 Å². The van der Waals surface area contributed by atoms with E-state index in [1.807, 2.05) is 27.7 Å². The van der Waals surface area contributed by atoms with E-state index in [0.717, 1.165) is 26.1 Å². The van der Waals surface area contributed by atoms with Gasteiger partial charge in [0.1, 0.15) is 24.4 Å². The average molecular weight is 679 g/mol. The van der Waals surface area contributed by atoms with Gasteiger partial charge in [-0.05, 0) is 76.0 Å². The van der Waals surface area contributed by atoms with Crippen LogP contribution in [0.4, 0.5) is 0 Å². The molecule has 47 heavy (non-hydrogen) atoms. The van der Waals surface area contributed by atoms with Crippen molar-refractivity contribution in [2.75, 3.05) is 92.5 Å². The molecule has 0 rings (SSSR count). The molecule has 6 atom stereocenters. The second-order valence-electron chi connectivity index (χ2n) is 15.4. The van der Waals surface area contributed by atoms with E-state index in [0.29, 0.717) is 102 Å². The molecule has 0 spiro atoms. The van der Waals surface area contributed by atoms with Crippen molar-refractivity contribution in [2.24, 2.45) is 22.7 Å². The SMILES string of the molecule is CCOC(COCCC(C)CC(C)(C)C)COCC(COCC(COCC(COCCC(C)CC(C)(C)C)OCC)OCC)OCC. The first-order chi connectivity index (χ1) is 22.2. The molecule has 284 valence electrons. The molecule has 6 unspecified atom stereocenters.